The van der Waals surface area contributed by atoms with Crippen LogP contribution >= 0.6 is 0 Å². The van der Waals surface area contributed by atoms with E-state index in [0.717, 1.165) is 30.9 Å². The Balaban J connectivity index is 1.50. The molecule has 0 atom stereocenters. The highest BCUT2D eigenvalue weighted by Crippen LogP contribution is 2.29. The van der Waals surface area contributed by atoms with Gasteiger partial charge in [0, 0.05) is 18.3 Å². The van der Waals surface area contributed by atoms with Gasteiger partial charge in [-0.25, -0.2) is 9.37 Å². The van der Waals surface area contributed by atoms with Gasteiger partial charge in [-0.15, -0.1) is 0 Å². The van der Waals surface area contributed by atoms with E-state index >= 15 is 0 Å². The second kappa shape index (κ2) is 9.61. The Morgan fingerprint density at radius 2 is 1.97 bits per heavy atom. The van der Waals surface area contributed by atoms with Crippen molar-refractivity contribution in [3.05, 3.63) is 54.5 Å². The van der Waals surface area contributed by atoms with Crippen LogP contribution in [-0.2, 0) is 0 Å². The molecular weight excluding hydrogens is 409 g/mol. The SMILES string of the molecule is CCN(CC)CCOc1cccc(-c2cnc(Nc3n[nH]c4cccc(F)c34)nc2N)c1. The van der Waals surface area contributed by atoms with Crippen LogP contribution in [0.4, 0.5) is 22.0 Å². The van der Waals surface area contributed by atoms with Gasteiger partial charge in [0.05, 0.1) is 10.9 Å². The molecule has 0 aliphatic carbocycles. The van der Waals surface area contributed by atoms with Gasteiger partial charge in [0.1, 0.15) is 24.0 Å². The average Bonchev–Trinajstić information content (AvgIpc) is 3.21. The molecule has 4 N–H and O–H groups in total. The summed E-state index contributed by atoms with van der Waals surface area (Å²) in [6.07, 6.45) is 1.63. The molecule has 9 heteroatoms. The summed E-state index contributed by atoms with van der Waals surface area (Å²) in [5.74, 6) is 1.20. The van der Waals surface area contributed by atoms with Crippen molar-refractivity contribution >= 4 is 28.5 Å². The van der Waals surface area contributed by atoms with Gasteiger partial charge in [-0.05, 0) is 42.9 Å². The quantitative estimate of drug-likeness (QED) is 0.362. The maximum atomic E-state index is 14.2. The number of ether oxygens (including phenoxy) is 1. The summed E-state index contributed by atoms with van der Waals surface area (Å²) in [6, 6.07) is 12.4. The Kier molecular flexibility index (Phi) is 6.46. The first-order valence-electron chi connectivity index (χ1n) is 10.6. The topological polar surface area (TPSA) is 105 Å². The number of hydrogen-bond acceptors (Lipinski definition) is 7. The largest absolute Gasteiger partial charge is 0.492 e. The number of hydrogen-bond donors (Lipinski definition) is 3. The van der Waals surface area contributed by atoms with E-state index < -0.39 is 0 Å². The van der Waals surface area contributed by atoms with E-state index in [4.69, 9.17) is 10.5 Å². The van der Waals surface area contributed by atoms with Crippen molar-refractivity contribution in [1.82, 2.24) is 25.1 Å². The summed E-state index contributed by atoms with van der Waals surface area (Å²) in [7, 11) is 0. The van der Waals surface area contributed by atoms with Crippen LogP contribution in [0.1, 0.15) is 13.8 Å². The minimum absolute atomic E-state index is 0.231. The first-order valence-corrected chi connectivity index (χ1v) is 10.6. The van der Waals surface area contributed by atoms with Crippen LogP contribution in [0.2, 0.25) is 0 Å². The summed E-state index contributed by atoms with van der Waals surface area (Å²) in [4.78, 5) is 11.0. The fourth-order valence-corrected chi connectivity index (χ4v) is 3.49. The summed E-state index contributed by atoms with van der Waals surface area (Å²) >= 11 is 0. The van der Waals surface area contributed by atoms with Gasteiger partial charge in [0.25, 0.3) is 0 Å². The number of H-pyrrole nitrogens is 1. The smallest absolute Gasteiger partial charge is 0.230 e. The van der Waals surface area contributed by atoms with Crippen molar-refractivity contribution in [3.8, 4) is 16.9 Å². The van der Waals surface area contributed by atoms with Crippen LogP contribution in [-0.4, -0.2) is 51.3 Å². The number of nitrogens with one attached hydrogen (secondary N) is 2. The zero-order valence-electron chi connectivity index (χ0n) is 18.1. The number of benzene rings is 2. The number of aromatic amines is 1. The second-order valence-corrected chi connectivity index (χ2v) is 7.26. The predicted octanol–water partition coefficient (Wildman–Crippen LogP) is 4.21. The van der Waals surface area contributed by atoms with Gasteiger partial charge < -0.3 is 20.7 Å². The van der Waals surface area contributed by atoms with Crippen molar-refractivity contribution in [1.29, 1.82) is 0 Å². The molecule has 0 bridgehead atoms. The molecule has 2 aromatic heterocycles. The molecule has 0 aliphatic rings. The molecule has 2 aromatic carbocycles. The zero-order chi connectivity index (χ0) is 22.5. The molecule has 2 heterocycles. The fraction of sp³-hybridized carbons (Fsp3) is 0.261. The van der Waals surface area contributed by atoms with Gasteiger partial charge in [0.2, 0.25) is 5.95 Å². The lowest BCUT2D eigenvalue weighted by molar-refractivity contribution is 0.223. The molecule has 0 aliphatic heterocycles. The van der Waals surface area contributed by atoms with E-state index in [1.807, 2.05) is 24.3 Å². The Hall–Kier alpha value is -3.72. The molecule has 8 nitrogen and oxygen atoms in total. The van der Waals surface area contributed by atoms with Gasteiger partial charge in [-0.2, -0.15) is 10.1 Å². The highest BCUT2D eigenvalue weighted by atomic mass is 19.1. The van der Waals surface area contributed by atoms with Crippen LogP contribution in [0.5, 0.6) is 5.75 Å². The summed E-state index contributed by atoms with van der Waals surface area (Å²) in [5, 5.41) is 10.2. The van der Waals surface area contributed by atoms with Crippen LogP contribution in [0, 0.1) is 5.82 Å². The lowest BCUT2D eigenvalue weighted by Gasteiger charge is -2.18. The molecule has 32 heavy (non-hydrogen) atoms. The molecule has 0 spiro atoms. The number of fused-ring (bicyclic) bond motifs is 1. The molecule has 0 fully saturated rings. The van der Waals surface area contributed by atoms with Crippen LogP contribution < -0.4 is 15.8 Å². The Morgan fingerprint density at radius 3 is 2.75 bits per heavy atom. The summed E-state index contributed by atoms with van der Waals surface area (Å²) in [5.41, 5.74) is 8.32. The lowest BCUT2D eigenvalue weighted by atomic mass is 10.1. The Labute approximate surface area is 185 Å². The third-order valence-electron chi connectivity index (χ3n) is 5.30. The number of rotatable bonds is 9. The van der Waals surface area contributed by atoms with Crippen molar-refractivity contribution in [2.75, 3.05) is 37.3 Å². The first-order chi connectivity index (χ1) is 15.6. The van der Waals surface area contributed by atoms with Gasteiger partial charge in [-0.3, -0.25) is 5.10 Å². The fourth-order valence-electron chi connectivity index (χ4n) is 3.49. The number of nitrogens with zero attached hydrogens (tertiary/aromatic N) is 4. The van der Waals surface area contributed by atoms with Gasteiger partial charge in [0.15, 0.2) is 5.82 Å². The van der Waals surface area contributed by atoms with Crippen molar-refractivity contribution < 1.29 is 9.13 Å². The van der Waals surface area contributed by atoms with Crippen molar-refractivity contribution in [2.45, 2.75) is 13.8 Å². The third kappa shape index (κ3) is 4.62. The number of nitrogens with two attached hydrogens (primary N) is 1. The standard InChI is InChI=1S/C23H26FN7O/c1-3-31(4-2)11-12-32-16-8-5-7-15(13-16)17-14-26-23(27-21(17)25)28-22-20-18(24)9-6-10-19(20)29-30-22/h5-10,13-14H,3-4,11-12H2,1-2H3,(H4,25,26,27,28,29,30). The van der Waals surface area contributed by atoms with Crippen LogP contribution in [0.15, 0.2) is 48.7 Å². The molecule has 0 saturated heterocycles. The molecule has 0 unspecified atom stereocenters. The maximum Gasteiger partial charge on any atom is 0.230 e. The molecule has 4 rings (SSSR count). The van der Waals surface area contributed by atoms with Crippen molar-refractivity contribution in [2.24, 2.45) is 0 Å². The van der Waals surface area contributed by atoms with Gasteiger partial charge in [-0.1, -0.05) is 32.0 Å². The van der Waals surface area contributed by atoms with E-state index in [2.05, 4.69) is 44.2 Å². The molecule has 166 valence electrons. The maximum absolute atomic E-state index is 14.2. The molecule has 0 radical (unpaired) electrons. The number of likely N-dealkylation sites (N-methyl/N-ethyl adjacent to an activating group) is 1. The average molecular weight is 436 g/mol. The highest BCUT2D eigenvalue weighted by molar-refractivity contribution is 5.91. The van der Waals surface area contributed by atoms with Crippen molar-refractivity contribution in [3.63, 3.8) is 0 Å². The summed E-state index contributed by atoms with van der Waals surface area (Å²) in [6.45, 7) is 7.73. The molecule has 0 amide bonds. The van der Waals surface area contributed by atoms with E-state index in [0.29, 0.717) is 34.7 Å². The van der Waals surface area contributed by atoms with E-state index in [1.54, 1.807) is 18.3 Å². The molecule has 4 aromatic rings. The number of halogens is 1. The van der Waals surface area contributed by atoms with E-state index in [-0.39, 0.29) is 11.8 Å². The third-order valence-corrected chi connectivity index (χ3v) is 5.30. The minimum atomic E-state index is -0.388. The molecular formula is C23H26FN7O. The monoisotopic (exact) mass is 435 g/mol. The van der Waals surface area contributed by atoms with Crippen LogP contribution in [0.25, 0.3) is 22.0 Å². The first kappa shape index (κ1) is 21.5. The minimum Gasteiger partial charge on any atom is -0.492 e. The van der Waals surface area contributed by atoms with E-state index in [1.165, 1.54) is 6.07 Å². The summed E-state index contributed by atoms with van der Waals surface area (Å²) < 4.78 is 20.1. The zero-order valence-corrected chi connectivity index (χ0v) is 18.1. The number of anilines is 3. The normalized spacial score (nSPS) is 11.2. The Morgan fingerprint density at radius 1 is 1.16 bits per heavy atom. The second-order valence-electron chi connectivity index (χ2n) is 7.26. The Bertz CT molecular complexity index is 1210. The van der Waals surface area contributed by atoms with E-state index in [9.17, 15) is 4.39 Å². The highest BCUT2D eigenvalue weighted by Gasteiger charge is 2.13. The lowest BCUT2D eigenvalue weighted by Crippen LogP contribution is -2.27. The van der Waals surface area contributed by atoms with Gasteiger partial charge >= 0.3 is 0 Å². The van der Waals surface area contributed by atoms with Crippen LogP contribution in [0.3, 0.4) is 0 Å². The predicted molar refractivity (Wildman–Crippen MR) is 124 cm³/mol. The molecule has 0 saturated carbocycles. The number of aromatic nitrogens is 4. The number of nitrogen functional groups attached to an aromatic ring is 1.